The van der Waals surface area contributed by atoms with Crippen LogP contribution in [-0.4, -0.2) is 70.6 Å². The molecule has 1 saturated heterocycles. The lowest BCUT2D eigenvalue weighted by molar-refractivity contribution is -0.895. The van der Waals surface area contributed by atoms with Gasteiger partial charge in [0.2, 0.25) is 10.0 Å². The highest BCUT2D eigenvalue weighted by Crippen LogP contribution is 2.19. The van der Waals surface area contributed by atoms with Crippen molar-refractivity contribution in [3.8, 4) is 0 Å². The summed E-state index contributed by atoms with van der Waals surface area (Å²) in [5, 5.41) is 2.91. The fourth-order valence-corrected chi connectivity index (χ4v) is 4.68. The lowest BCUT2D eigenvalue weighted by Gasteiger charge is -2.31. The minimum atomic E-state index is -3.48. The van der Waals surface area contributed by atoms with Crippen LogP contribution in [0.25, 0.3) is 0 Å². The summed E-state index contributed by atoms with van der Waals surface area (Å²) in [6.45, 7) is 11.6. The molecule has 1 aliphatic heterocycles. The number of ether oxygens (including phenoxy) is 1. The Morgan fingerprint density at radius 1 is 1.21 bits per heavy atom. The molecule has 1 aliphatic rings. The summed E-state index contributed by atoms with van der Waals surface area (Å²) in [6.07, 6.45) is 0.998. The number of quaternary nitrogens is 1. The molecule has 0 radical (unpaired) electrons. The molecule has 0 atom stereocenters. The number of sulfonamides is 1. The Morgan fingerprint density at radius 2 is 1.89 bits per heavy atom. The zero-order valence-corrected chi connectivity index (χ0v) is 18.3. The Balaban J connectivity index is 1.77. The number of amides is 1. The normalized spacial score (nSPS) is 16.5. The largest absolute Gasteiger partial charge is 0.379 e. The van der Waals surface area contributed by atoms with Crippen molar-refractivity contribution >= 4 is 15.9 Å². The maximum atomic E-state index is 12.9. The zero-order chi connectivity index (χ0) is 20.7. The van der Waals surface area contributed by atoms with Gasteiger partial charge in [0, 0.05) is 13.2 Å². The molecule has 0 aliphatic carbocycles. The van der Waals surface area contributed by atoms with E-state index >= 15 is 0 Å². The van der Waals surface area contributed by atoms with Crippen LogP contribution in [0.3, 0.4) is 0 Å². The van der Waals surface area contributed by atoms with Crippen molar-refractivity contribution in [2.45, 2.75) is 45.1 Å². The fraction of sp³-hybridized carbons (Fsp3) is 0.650. The topological polar surface area (TPSA) is 80.2 Å². The van der Waals surface area contributed by atoms with E-state index in [2.05, 4.69) is 5.32 Å². The van der Waals surface area contributed by atoms with E-state index in [9.17, 15) is 13.2 Å². The first-order valence-electron chi connectivity index (χ1n) is 9.99. The van der Waals surface area contributed by atoms with Gasteiger partial charge in [-0.15, -0.1) is 0 Å². The zero-order valence-electron chi connectivity index (χ0n) is 17.5. The summed E-state index contributed by atoms with van der Waals surface area (Å²) in [5.41, 5.74) is 2.05. The Hall–Kier alpha value is -1.48. The van der Waals surface area contributed by atoms with Gasteiger partial charge in [-0.05, 0) is 57.4 Å². The van der Waals surface area contributed by atoms with Gasteiger partial charge < -0.3 is 15.0 Å². The van der Waals surface area contributed by atoms with Crippen LogP contribution in [0.5, 0.6) is 0 Å². The Labute approximate surface area is 169 Å². The van der Waals surface area contributed by atoms with Gasteiger partial charge >= 0.3 is 0 Å². The lowest BCUT2D eigenvalue weighted by atomic mass is 10.1. The highest BCUT2D eigenvalue weighted by atomic mass is 32.2. The molecule has 158 valence electrons. The van der Waals surface area contributed by atoms with Gasteiger partial charge in [0.1, 0.15) is 0 Å². The summed E-state index contributed by atoms with van der Waals surface area (Å²) in [7, 11) is -3.48. The van der Waals surface area contributed by atoms with Crippen LogP contribution in [0, 0.1) is 13.8 Å². The predicted octanol–water partition coefficient (Wildman–Crippen LogP) is 0.124. The van der Waals surface area contributed by atoms with E-state index in [1.807, 2.05) is 33.8 Å². The van der Waals surface area contributed by atoms with Gasteiger partial charge in [0.15, 0.2) is 6.54 Å². The van der Waals surface area contributed by atoms with Crippen molar-refractivity contribution in [2.24, 2.45) is 0 Å². The third kappa shape index (κ3) is 6.55. The molecule has 8 heteroatoms. The fourth-order valence-electron chi connectivity index (χ4n) is 3.15. The van der Waals surface area contributed by atoms with Crippen molar-refractivity contribution in [3.05, 3.63) is 29.3 Å². The van der Waals surface area contributed by atoms with Crippen molar-refractivity contribution in [3.63, 3.8) is 0 Å². The van der Waals surface area contributed by atoms with Crippen molar-refractivity contribution in [1.29, 1.82) is 0 Å². The summed E-state index contributed by atoms with van der Waals surface area (Å²) in [6, 6.07) is 5.26. The number of nitrogens with zero attached hydrogens (tertiary/aromatic N) is 1. The number of rotatable bonds is 9. The number of benzene rings is 1. The molecule has 0 bridgehead atoms. The summed E-state index contributed by atoms with van der Waals surface area (Å²) >= 11 is 0. The van der Waals surface area contributed by atoms with Crippen LogP contribution in [-0.2, 0) is 19.6 Å². The molecule has 1 fully saturated rings. The molecule has 0 saturated carbocycles. The standard InChI is InChI=1S/C20H33N3O4S/c1-16(2)27-13-5-8-21-20(24)15-22-9-11-23(12-10-22)28(25,26)19-7-6-17(3)18(4)14-19/h6-7,14,16H,5,8-13,15H2,1-4H3,(H,21,24)/p+1. The average molecular weight is 413 g/mol. The van der Waals surface area contributed by atoms with E-state index in [-0.39, 0.29) is 12.0 Å². The number of hydrogen-bond donors (Lipinski definition) is 2. The number of carbonyl (C=O) groups is 1. The quantitative estimate of drug-likeness (QED) is 0.565. The maximum absolute atomic E-state index is 12.9. The first-order valence-corrected chi connectivity index (χ1v) is 11.4. The van der Waals surface area contributed by atoms with Gasteiger partial charge in [0.05, 0.1) is 37.2 Å². The summed E-state index contributed by atoms with van der Waals surface area (Å²) < 4.78 is 32.7. The summed E-state index contributed by atoms with van der Waals surface area (Å²) in [4.78, 5) is 13.5. The lowest BCUT2D eigenvalue weighted by Crippen LogP contribution is -3.15. The van der Waals surface area contributed by atoms with Gasteiger partial charge in [0.25, 0.3) is 5.91 Å². The van der Waals surface area contributed by atoms with E-state index in [4.69, 9.17) is 4.74 Å². The molecule has 1 aromatic carbocycles. The maximum Gasteiger partial charge on any atom is 0.275 e. The molecule has 2 rings (SSSR count). The van der Waals surface area contributed by atoms with E-state index < -0.39 is 10.0 Å². The average Bonchev–Trinajstić information content (AvgIpc) is 2.63. The second-order valence-corrected chi connectivity index (χ2v) is 9.64. The third-order valence-corrected chi connectivity index (χ3v) is 6.95. The first-order chi connectivity index (χ1) is 13.2. The molecule has 0 unspecified atom stereocenters. The molecule has 2 N–H and O–H groups in total. The van der Waals surface area contributed by atoms with Crippen LogP contribution in [0.1, 0.15) is 31.4 Å². The highest BCUT2D eigenvalue weighted by molar-refractivity contribution is 7.89. The molecular formula is C20H34N3O4S+. The minimum Gasteiger partial charge on any atom is -0.379 e. The number of nitrogens with one attached hydrogen (secondary N) is 2. The van der Waals surface area contributed by atoms with Crippen LogP contribution >= 0.6 is 0 Å². The molecular weight excluding hydrogens is 378 g/mol. The second-order valence-electron chi connectivity index (χ2n) is 7.70. The minimum absolute atomic E-state index is 0.00464. The molecule has 1 amide bonds. The van der Waals surface area contributed by atoms with E-state index in [0.717, 1.165) is 22.4 Å². The molecule has 1 aromatic rings. The van der Waals surface area contributed by atoms with Gasteiger partial charge in [-0.25, -0.2) is 8.42 Å². The van der Waals surface area contributed by atoms with Crippen molar-refractivity contribution in [2.75, 3.05) is 45.9 Å². The third-order valence-electron chi connectivity index (χ3n) is 5.05. The van der Waals surface area contributed by atoms with Crippen molar-refractivity contribution in [1.82, 2.24) is 9.62 Å². The number of hydrogen-bond acceptors (Lipinski definition) is 4. The number of carbonyl (C=O) groups excluding carboxylic acids is 1. The van der Waals surface area contributed by atoms with Crippen LogP contribution < -0.4 is 10.2 Å². The Morgan fingerprint density at radius 3 is 2.50 bits per heavy atom. The van der Waals surface area contributed by atoms with E-state index in [0.29, 0.717) is 50.8 Å². The molecule has 1 heterocycles. The Bertz CT molecular complexity index is 757. The number of piperazine rings is 1. The predicted molar refractivity (Wildman–Crippen MR) is 109 cm³/mol. The van der Waals surface area contributed by atoms with E-state index in [1.165, 1.54) is 4.31 Å². The second kappa shape index (κ2) is 10.3. The first kappa shape index (κ1) is 22.8. The highest BCUT2D eigenvalue weighted by Gasteiger charge is 2.31. The van der Waals surface area contributed by atoms with Gasteiger partial charge in [-0.2, -0.15) is 4.31 Å². The Kier molecular flexibility index (Phi) is 8.42. The number of aryl methyl sites for hydroxylation is 2. The monoisotopic (exact) mass is 412 g/mol. The van der Waals surface area contributed by atoms with Gasteiger partial charge in [-0.3, -0.25) is 4.79 Å². The molecule has 28 heavy (non-hydrogen) atoms. The SMILES string of the molecule is Cc1ccc(S(=O)(=O)N2CC[NH+](CC(=O)NCCCOC(C)C)CC2)cc1C. The van der Waals surface area contributed by atoms with E-state index in [1.54, 1.807) is 12.1 Å². The van der Waals surface area contributed by atoms with Crippen molar-refractivity contribution < 1.29 is 22.8 Å². The molecule has 0 aromatic heterocycles. The van der Waals surface area contributed by atoms with Crippen LogP contribution in [0.2, 0.25) is 0 Å². The molecule has 0 spiro atoms. The smallest absolute Gasteiger partial charge is 0.275 e. The van der Waals surface area contributed by atoms with Crippen LogP contribution in [0.4, 0.5) is 0 Å². The van der Waals surface area contributed by atoms with Crippen LogP contribution in [0.15, 0.2) is 23.1 Å². The summed E-state index contributed by atoms with van der Waals surface area (Å²) in [5.74, 6) is 0.00464. The molecule has 7 nitrogen and oxygen atoms in total. The van der Waals surface area contributed by atoms with Gasteiger partial charge in [-0.1, -0.05) is 6.07 Å².